The second-order valence-corrected chi connectivity index (χ2v) is 10.6. The third-order valence-electron chi connectivity index (χ3n) is 5.08. The molecule has 1 aromatic heterocycles. The third-order valence-corrected chi connectivity index (χ3v) is 8.69. The lowest BCUT2D eigenvalue weighted by molar-refractivity contribution is -0.121. The van der Waals surface area contributed by atoms with Gasteiger partial charge >= 0.3 is 0 Å². The molecule has 158 valence electrons. The number of amides is 1. The zero-order chi connectivity index (χ0) is 21.5. The molecule has 6 nitrogen and oxygen atoms in total. The van der Waals surface area contributed by atoms with E-state index in [4.69, 9.17) is 0 Å². The molecular formula is C20H19BrFN3O3S2. The highest BCUT2D eigenvalue weighted by atomic mass is 79.9. The zero-order valence-corrected chi connectivity index (χ0v) is 19.3. The Bertz CT molecular complexity index is 1280. The molecule has 0 radical (unpaired) electrons. The molecule has 0 spiro atoms. The Balaban J connectivity index is 1.72. The van der Waals surface area contributed by atoms with Crippen molar-refractivity contribution in [1.82, 2.24) is 8.87 Å². The van der Waals surface area contributed by atoms with Gasteiger partial charge in [-0.3, -0.25) is 4.79 Å². The van der Waals surface area contributed by atoms with Gasteiger partial charge in [-0.25, -0.2) is 12.8 Å². The Hall–Kier alpha value is -1.88. The second-order valence-electron chi connectivity index (χ2n) is 6.89. The summed E-state index contributed by atoms with van der Waals surface area (Å²) in [4.78, 5) is 17.9. The van der Waals surface area contributed by atoms with Crippen LogP contribution in [0.1, 0.15) is 19.8 Å². The van der Waals surface area contributed by atoms with E-state index in [0.717, 1.165) is 26.8 Å². The molecule has 1 aliphatic rings. The molecule has 1 aliphatic heterocycles. The van der Waals surface area contributed by atoms with E-state index >= 15 is 0 Å². The monoisotopic (exact) mass is 511 g/mol. The SMILES string of the molecule is CCn1c(=NC(=O)C2CCCN2S(=O)(=O)c2ccc(F)cc2)sc2cccc(Br)c21. The van der Waals surface area contributed by atoms with Crippen LogP contribution in [0, 0.1) is 5.82 Å². The summed E-state index contributed by atoms with van der Waals surface area (Å²) in [5, 5.41) is 0. The lowest BCUT2D eigenvalue weighted by Gasteiger charge is -2.21. The smallest absolute Gasteiger partial charge is 0.266 e. The van der Waals surface area contributed by atoms with Crippen LogP contribution >= 0.6 is 27.3 Å². The molecule has 1 unspecified atom stereocenters. The van der Waals surface area contributed by atoms with Crippen molar-refractivity contribution in [2.24, 2.45) is 4.99 Å². The van der Waals surface area contributed by atoms with Gasteiger partial charge in [-0.1, -0.05) is 17.4 Å². The quantitative estimate of drug-likeness (QED) is 0.533. The van der Waals surface area contributed by atoms with Crippen molar-refractivity contribution in [3.05, 3.63) is 57.6 Å². The van der Waals surface area contributed by atoms with Crippen molar-refractivity contribution in [2.75, 3.05) is 6.54 Å². The van der Waals surface area contributed by atoms with Crippen molar-refractivity contribution in [2.45, 2.75) is 37.2 Å². The normalized spacial score (nSPS) is 18.4. The molecule has 10 heteroatoms. The third kappa shape index (κ3) is 3.77. The van der Waals surface area contributed by atoms with Gasteiger partial charge in [-0.15, -0.1) is 0 Å². The largest absolute Gasteiger partial charge is 0.316 e. The van der Waals surface area contributed by atoms with Gasteiger partial charge in [0, 0.05) is 17.6 Å². The fraction of sp³-hybridized carbons (Fsp3) is 0.300. The van der Waals surface area contributed by atoms with Crippen molar-refractivity contribution < 1.29 is 17.6 Å². The van der Waals surface area contributed by atoms with Crippen LogP contribution in [0.5, 0.6) is 0 Å². The summed E-state index contributed by atoms with van der Waals surface area (Å²) in [6, 6.07) is 9.59. The Morgan fingerprint density at radius 1 is 1.27 bits per heavy atom. The topological polar surface area (TPSA) is 71.7 Å². The first-order chi connectivity index (χ1) is 14.3. The number of rotatable bonds is 4. The van der Waals surface area contributed by atoms with Gasteiger partial charge in [-0.05, 0) is 72.1 Å². The summed E-state index contributed by atoms with van der Waals surface area (Å²) < 4.78 is 44.3. The molecule has 1 fully saturated rings. The standard InChI is InChI=1S/C20H19BrFN3O3S2/c1-2-24-18-15(21)5-3-7-17(18)29-20(24)23-19(26)16-6-4-12-25(16)30(27,28)14-10-8-13(22)9-11-14/h3,5,7-11,16H,2,4,6,12H2,1H3. The van der Waals surface area contributed by atoms with Gasteiger partial charge in [-0.2, -0.15) is 9.30 Å². The van der Waals surface area contributed by atoms with Crippen molar-refractivity contribution >= 4 is 53.4 Å². The lowest BCUT2D eigenvalue weighted by atomic mass is 10.2. The highest BCUT2D eigenvalue weighted by molar-refractivity contribution is 9.10. The summed E-state index contributed by atoms with van der Waals surface area (Å²) >= 11 is 4.94. The summed E-state index contributed by atoms with van der Waals surface area (Å²) in [6.45, 7) is 2.82. The Kier molecular flexibility index (Phi) is 5.93. The van der Waals surface area contributed by atoms with Gasteiger partial charge in [0.05, 0.1) is 15.1 Å². The van der Waals surface area contributed by atoms with E-state index in [1.165, 1.54) is 27.8 Å². The Labute approximate surface area is 185 Å². The number of aryl methyl sites for hydroxylation is 1. The molecule has 1 saturated heterocycles. The van der Waals surface area contributed by atoms with E-state index in [0.29, 0.717) is 24.2 Å². The highest BCUT2D eigenvalue weighted by Crippen LogP contribution is 2.28. The number of nitrogens with zero attached hydrogens (tertiary/aromatic N) is 3. The van der Waals surface area contributed by atoms with Crippen molar-refractivity contribution in [3.63, 3.8) is 0 Å². The Morgan fingerprint density at radius 3 is 2.70 bits per heavy atom. The number of hydrogen-bond acceptors (Lipinski definition) is 4. The number of fused-ring (bicyclic) bond motifs is 1. The van der Waals surface area contributed by atoms with Crippen LogP contribution in [0.15, 0.2) is 56.8 Å². The molecule has 0 saturated carbocycles. The number of aromatic nitrogens is 1. The van der Waals surface area contributed by atoms with Gasteiger partial charge in [0.1, 0.15) is 11.9 Å². The van der Waals surface area contributed by atoms with Crippen LogP contribution in [0.4, 0.5) is 4.39 Å². The van der Waals surface area contributed by atoms with Crippen LogP contribution in [0.2, 0.25) is 0 Å². The predicted octanol–water partition coefficient (Wildman–Crippen LogP) is 3.90. The molecule has 30 heavy (non-hydrogen) atoms. The van der Waals surface area contributed by atoms with Gasteiger partial charge in [0.25, 0.3) is 5.91 Å². The van der Waals surface area contributed by atoms with Crippen LogP contribution < -0.4 is 4.80 Å². The number of carbonyl (C=O) groups is 1. The lowest BCUT2D eigenvalue weighted by Crippen LogP contribution is -2.40. The number of hydrogen-bond donors (Lipinski definition) is 0. The molecule has 0 aliphatic carbocycles. The van der Waals surface area contributed by atoms with E-state index in [-0.39, 0.29) is 11.4 Å². The summed E-state index contributed by atoms with van der Waals surface area (Å²) in [5.74, 6) is -0.999. The second kappa shape index (κ2) is 8.33. The van der Waals surface area contributed by atoms with Crippen LogP contribution in [-0.2, 0) is 21.4 Å². The summed E-state index contributed by atoms with van der Waals surface area (Å²) in [6.07, 6.45) is 0.974. The maximum absolute atomic E-state index is 13.2. The van der Waals surface area contributed by atoms with Crippen LogP contribution in [-0.4, -0.2) is 35.8 Å². The van der Waals surface area contributed by atoms with Gasteiger partial charge in [0.15, 0.2) is 4.80 Å². The number of sulfonamides is 1. The molecule has 1 atom stereocenters. The summed E-state index contributed by atoms with van der Waals surface area (Å²) in [5.41, 5.74) is 0.957. The zero-order valence-electron chi connectivity index (χ0n) is 16.1. The molecule has 4 rings (SSSR count). The highest BCUT2D eigenvalue weighted by Gasteiger charge is 2.39. The fourth-order valence-corrected chi connectivity index (χ4v) is 7.14. The molecule has 0 N–H and O–H groups in total. The first-order valence-corrected chi connectivity index (χ1v) is 12.5. The minimum Gasteiger partial charge on any atom is -0.316 e. The molecule has 1 amide bonds. The average Bonchev–Trinajstić information content (AvgIpc) is 3.34. The van der Waals surface area contributed by atoms with E-state index in [2.05, 4.69) is 20.9 Å². The Morgan fingerprint density at radius 2 is 2.00 bits per heavy atom. The van der Waals surface area contributed by atoms with E-state index in [9.17, 15) is 17.6 Å². The van der Waals surface area contributed by atoms with E-state index in [1.54, 1.807) is 0 Å². The number of halogens is 2. The average molecular weight is 512 g/mol. The van der Waals surface area contributed by atoms with Crippen LogP contribution in [0.25, 0.3) is 10.2 Å². The number of thiazole rings is 1. The molecule has 0 bridgehead atoms. The number of para-hydroxylation sites is 1. The molecular weight excluding hydrogens is 493 g/mol. The van der Waals surface area contributed by atoms with Crippen LogP contribution in [0.3, 0.4) is 0 Å². The molecule has 2 heterocycles. The number of carbonyl (C=O) groups excluding carboxylic acids is 1. The minimum atomic E-state index is -3.91. The van der Waals surface area contributed by atoms with E-state index < -0.39 is 27.8 Å². The molecule has 2 aromatic carbocycles. The van der Waals surface area contributed by atoms with Crippen molar-refractivity contribution in [1.29, 1.82) is 0 Å². The van der Waals surface area contributed by atoms with E-state index in [1.807, 2.05) is 29.7 Å². The van der Waals surface area contributed by atoms with Crippen molar-refractivity contribution in [3.8, 4) is 0 Å². The van der Waals surface area contributed by atoms with Gasteiger partial charge < -0.3 is 4.57 Å². The summed E-state index contributed by atoms with van der Waals surface area (Å²) in [7, 11) is -3.91. The predicted molar refractivity (Wildman–Crippen MR) is 117 cm³/mol. The fourth-order valence-electron chi connectivity index (χ4n) is 3.65. The first-order valence-electron chi connectivity index (χ1n) is 9.46. The first kappa shape index (κ1) is 21.4. The maximum Gasteiger partial charge on any atom is 0.266 e. The number of benzene rings is 2. The molecule has 3 aromatic rings. The maximum atomic E-state index is 13.2. The minimum absolute atomic E-state index is 0.0296. The van der Waals surface area contributed by atoms with Gasteiger partial charge in [0.2, 0.25) is 10.0 Å².